The number of hydrogen-bond acceptors (Lipinski definition) is 9. The van der Waals surface area contributed by atoms with Crippen molar-refractivity contribution in [1.82, 2.24) is 14.9 Å². The first-order chi connectivity index (χ1) is 18.4. The van der Waals surface area contributed by atoms with Crippen molar-refractivity contribution in [1.29, 1.82) is 0 Å². The van der Waals surface area contributed by atoms with Gasteiger partial charge in [0.2, 0.25) is 5.78 Å². The van der Waals surface area contributed by atoms with E-state index in [0.29, 0.717) is 61.3 Å². The molecular formula is C27H30ClFN4O5. The molecule has 0 amide bonds. The number of nitrogens with zero attached hydrogens (tertiary/aromatic N) is 3. The molecule has 0 radical (unpaired) electrons. The van der Waals surface area contributed by atoms with Crippen LogP contribution in [0.25, 0.3) is 11.1 Å². The predicted molar refractivity (Wildman–Crippen MR) is 139 cm³/mol. The summed E-state index contributed by atoms with van der Waals surface area (Å²) in [5.74, 6) is -3.77. The Balaban J connectivity index is 1.27. The van der Waals surface area contributed by atoms with E-state index in [1.807, 2.05) is 18.2 Å². The van der Waals surface area contributed by atoms with E-state index in [-0.39, 0.29) is 29.5 Å². The largest absolute Gasteiger partial charge is 0.469 e. The first kappa shape index (κ1) is 26.5. The summed E-state index contributed by atoms with van der Waals surface area (Å²) in [7, 11) is 1.36. The Morgan fingerprint density at radius 3 is 2.55 bits per heavy atom. The number of Topliss-reactive ketones (excluding diaryl/α,β-unsaturated/α-hetero) is 1. The Bertz CT molecular complexity index is 1270. The van der Waals surface area contributed by atoms with Crippen LogP contribution in [0.4, 0.5) is 16.1 Å². The Labute approximate surface area is 224 Å². The van der Waals surface area contributed by atoms with Crippen LogP contribution in [0.2, 0.25) is 5.15 Å². The van der Waals surface area contributed by atoms with Crippen LogP contribution >= 0.6 is 11.6 Å². The van der Waals surface area contributed by atoms with Gasteiger partial charge in [-0.1, -0.05) is 23.7 Å². The standard InChI is InChI=1S/C27H30ClFN4O5/c1-36-25(35)17-8-11-19(12-9-17)38-27(29,33-14-4-5-15-33)23(34)16-18-10-13-21(24(28)30-18)32-26-31-20-6-2-3-7-22(20)37-26/h2-3,6-7,10,13,17,19H,4-5,8-9,11-12,14-16H2,1H3,(H,31,32). The van der Waals surface area contributed by atoms with Gasteiger partial charge in [0.25, 0.3) is 6.01 Å². The van der Waals surface area contributed by atoms with Crippen LogP contribution in [0.3, 0.4) is 0 Å². The van der Waals surface area contributed by atoms with Gasteiger partial charge in [0.15, 0.2) is 10.7 Å². The lowest BCUT2D eigenvalue weighted by Gasteiger charge is -2.37. The van der Waals surface area contributed by atoms with E-state index in [1.165, 1.54) is 12.0 Å². The van der Waals surface area contributed by atoms with Gasteiger partial charge in [-0.15, -0.1) is 0 Å². The minimum Gasteiger partial charge on any atom is -0.469 e. The number of anilines is 2. The number of aromatic nitrogens is 2. The number of methoxy groups -OCH3 is 1. The third kappa shape index (κ3) is 5.67. The average Bonchev–Trinajstić information content (AvgIpc) is 3.60. The van der Waals surface area contributed by atoms with Crippen LogP contribution < -0.4 is 5.32 Å². The molecule has 0 spiro atoms. The molecule has 2 aromatic heterocycles. The van der Waals surface area contributed by atoms with Crippen LogP contribution in [0.5, 0.6) is 0 Å². The normalized spacial score (nSPS) is 21.8. The topological polar surface area (TPSA) is 107 Å². The molecule has 0 bridgehead atoms. The van der Waals surface area contributed by atoms with Crippen molar-refractivity contribution in [2.75, 3.05) is 25.5 Å². The quantitative estimate of drug-likeness (QED) is 0.221. The number of nitrogens with one attached hydrogen (secondary N) is 1. The number of fused-ring (bicyclic) bond motifs is 1. The monoisotopic (exact) mass is 544 g/mol. The minimum atomic E-state index is -2.57. The second kappa shape index (κ2) is 11.3. The number of carbonyl (C=O) groups excluding carboxylic acids is 2. The summed E-state index contributed by atoms with van der Waals surface area (Å²) in [6, 6.07) is 10.9. The highest BCUT2D eigenvalue weighted by Crippen LogP contribution is 2.35. The lowest BCUT2D eigenvalue weighted by Crippen LogP contribution is -2.54. The number of ether oxygens (including phenoxy) is 2. The lowest BCUT2D eigenvalue weighted by molar-refractivity contribution is -0.252. The summed E-state index contributed by atoms with van der Waals surface area (Å²) in [5, 5.41) is 3.09. The molecule has 3 aromatic rings. The number of para-hydroxylation sites is 2. The zero-order valence-corrected chi connectivity index (χ0v) is 21.9. The molecule has 2 aliphatic rings. The first-order valence-corrected chi connectivity index (χ1v) is 13.2. The summed E-state index contributed by atoms with van der Waals surface area (Å²) < 4.78 is 32.8. The molecule has 11 heteroatoms. The van der Waals surface area contributed by atoms with E-state index < -0.39 is 17.9 Å². The number of halogens is 2. The Hall–Kier alpha value is -3.08. The van der Waals surface area contributed by atoms with Crippen LogP contribution in [0.1, 0.15) is 44.2 Å². The zero-order valence-electron chi connectivity index (χ0n) is 21.1. The van der Waals surface area contributed by atoms with Gasteiger partial charge in [-0.2, -0.15) is 9.37 Å². The number of rotatable bonds is 9. The number of ketones is 1. The fourth-order valence-corrected chi connectivity index (χ4v) is 5.32. The second-order valence-electron chi connectivity index (χ2n) is 9.72. The fourth-order valence-electron chi connectivity index (χ4n) is 5.10. The molecule has 1 atom stereocenters. The van der Waals surface area contributed by atoms with Gasteiger partial charge >= 0.3 is 11.9 Å². The van der Waals surface area contributed by atoms with Crippen molar-refractivity contribution in [2.45, 2.75) is 57.0 Å². The summed E-state index contributed by atoms with van der Waals surface area (Å²) in [6.07, 6.45) is 2.85. The average molecular weight is 545 g/mol. The number of alkyl halides is 1. The SMILES string of the molecule is COC(=O)C1CCC(OC(F)(C(=O)Cc2ccc(Nc3nc4ccccc4o3)c(Cl)n2)N2CCCC2)CC1. The second-order valence-corrected chi connectivity index (χ2v) is 10.1. The number of hydrogen-bond donors (Lipinski definition) is 1. The maximum atomic E-state index is 16.4. The third-order valence-corrected chi connectivity index (χ3v) is 7.46. The van der Waals surface area contributed by atoms with Crippen LogP contribution in [-0.2, 0) is 25.5 Å². The van der Waals surface area contributed by atoms with E-state index in [2.05, 4.69) is 15.3 Å². The summed E-state index contributed by atoms with van der Waals surface area (Å²) in [4.78, 5) is 35.3. The van der Waals surface area contributed by atoms with E-state index in [4.69, 9.17) is 25.5 Å². The molecule has 1 aliphatic heterocycles. The van der Waals surface area contributed by atoms with Crippen molar-refractivity contribution in [3.63, 3.8) is 0 Å². The van der Waals surface area contributed by atoms with Gasteiger partial charge in [0, 0.05) is 18.8 Å². The third-order valence-electron chi connectivity index (χ3n) is 7.17. The van der Waals surface area contributed by atoms with Crippen molar-refractivity contribution in [3.05, 3.63) is 47.2 Å². The maximum absolute atomic E-state index is 16.4. The summed E-state index contributed by atoms with van der Waals surface area (Å²) >= 11 is 6.38. The molecule has 2 fully saturated rings. The number of likely N-dealkylation sites (tertiary alicyclic amines) is 1. The van der Waals surface area contributed by atoms with Crippen LogP contribution in [-0.4, -0.2) is 58.9 Å². The number of esters is 1. The molecule has 202 valence electrons. The fraction of sp³-hybridized carbons (Fsp3) is 0.481. The number of benzene rings is 1. The molecule has 1 unspecified atom stereocenters. The highest BCUT2D eigenvalue weighted by molar-refractivity contribution is 6.32. The molecule has 5 rings (SSSR count). The minimum absolute atomic E-state index is 0.102. The van der Waals surface area contributed by atoms with Crippen molar-refractivity contribution >= 4 is 46.2 Å². The Morgan fingerprint density at radius 1 is 1.13 bits per heavy atom. The number of carbonyl (C=O) groups is 2. The molecule has 1 N–H and O–H groups in total. The van der Waals surface area contributed by atoms with E-state index in [1.54, 1.807) is 18.2 Å². The van der Waals surface area contributed by atoms with Crippen molar-refractivity contribution in [2.24, 2.45) is 5.92 Å². The zero-order chi connectivity index (χ0) is 26.7. The van der Waals surface area contributed by atoms with Crippen LogP contribution in [0, 0.1) is 5.92 Å². The van der Waals surface area contributed by atoms with Gasteiger partial charge < -0.3 is 19.2 Å². The molecule has 1 saturated heterocycles. The van der Waals surface area contributed by atoms with Gasteiger partial charge in [-0.05, 0) is 62.8 Å². The lowest BCUT2D eigenvalue weighted by atomic mass is 9.87. The number of oxazole rings is 1. The smallest absolute Gasteiger partial charge is 0.330 e. The summed E-state index contributed by atoms with van der Waals surface area (Å²) in [6.45, 7) is 0.864. The molecule has 38 heavy (non-hydrogen) atoms. The van der Waals surface area contributed by atoms with Gasteiger partial charge in [-0.3, -0.25) is 9.59 Å². The van der Waals surface area contributed by atoms with Gasteiger partial charge in [0.05, 0.1) is 31.2 Å². The van der Waals surface area contributed by atoms with Crippen molar-refractivity contribution < 1.29 is 27.9 Å². The predicted octanol–water partition coefficient (Wildman–Crippen LogP) is 5.20. The van der Waals surface area contributed by atoms with Gasteiger partial charge in [-0.25, -0.2) is 9.88 Å². The van der Waals surface area contributed by atoms with E-state index >= 15 is 4.39 Å². The first-order valence-electron chi connectivity index (χ1n) is 12.9. The van der Waals surface area contributed by atoms with E-state index in [9.17, 15) is 9.59 Å². The maximum Gasteiger partial charge on any atom is 0.330 e. The Morgan fingerprint density at radius 2 is 1.87 bits per heavy atom. The Kier molecular flexibility index (Phi) is 7.92. The van der Waals surface area contributed by atoms with Crippen molar-refractivity contribution in [3.8, 4) is 0 Å². The molecule has 1 aromatic carbocycles. The molecule has 9 nitrogen and oxygen atoms in total. The summed E-state index contributed by atoms with van der Waals surface area (Å²) in [5.41, 5.74) is 2.09. The number of pyridine rings is 1. The molecule has 1 saturated carbocycles. The van der Waals surface area contributed by atoms with Gasteiger partial charge in [0.1, 0.15) is 5.52 Å². The molecule has 1 aliphatic carbocycles. The molecular weight excluding hydrogens is 515 g/mol. The highest BCUT2D eigenvalue weighted by Gasteiger charge is 2.49. The highest BCUT2D eigenvalue weighted by atomic mass is 35.5. The van der Waals surface area contributed by atoms with Crippen LogP contribution in [0.15, 0.2) is 40.8 Å². The van der Waals surface area contributed by atoms with E-state index in [0.717, 1.165) is 12.8 Å². The molecule has 3 heterocycles.